The van der Waals surface area contributed by atoms with Crippen molar-refractivity contribution < 1.29 is 19.1 Å². The first-order chi connectivity index (χ1) is 8.34. The van der Waals surface area contributed by atoms with E-state index in [1.807, 2.05) is 0 Å². The van der Waals surface area contributed by atoms with Gasteiger partial charge in [-0.3, -0.25) is 10.1 Å². The highest BCUT2D eigenvalue weighted by Gasteiger charge is 2.16. The average Bonchev–Trinajstić information content (AvgIpc) is 2.25. The van der Waals surface area contributed by atoms with Gasteiger partial charge in [-0.2, -0.15) is 0 Å². The van der Waals surface area contributed by atoms with Gasteiger partial charge in [0.1, 0.15) is 17.6 Å². The first-order valence-electron chi connectivity index (χ1n) is 5.48. The van der Waals surface area contributed by atoms with E-state index in [1.165, 1.54) is 7.11 Å². The second-order valence-corrected chi connectivity index (χ2v) is 4.74. The van der Waals surface area contributed by atoms with Crippen LogP contribution in [0.4, 0.5) is 10.5 Å². The van der Waals surface area contributed by atoms with Crippen LogP contribution in [0.2, 0.25) is 0 Å². The Morgan fingerprint density at radius 1 is 1.28 bits per heavy atom. The van der Waals surface area contributed by atoms with Crippen molar-refractivity contribution in [3.8, 4) is 5.75 Å². The molecular formula is C13H17NO4. The highest BCUT2D eigenvalue weighted by molar-refractivity contribution is 5.87. The second kappa shape index (κ2) is 5.53. The first-order valence-corrected chi connectivity index (χ1v) is 5.48. The van der Waals surface area contributed by atoms with Crippen LogP contribution in [0.15, 0.2) is 18.2 Å². The SMILES string of the molecule is COc1cc(C=O)cc(NC(=O)OC(C)(C)C)c1. The topological polar surface area (TPSA) is 64.6 Å². The number of amides is 1. The summed E-state index contributed by atoms with van der Waals surface area (Å²) in [7, 11) is 1.49. The molecule has 0 saturated heterocycles. The molecule has 0 aromatic heterocycles. The molecule has 1 aromatic rings. The Morgan fingerprint density at radius 3 is 2.44 bits per heavy atom. The van der Waals surface area contributed by atoms with E-state index in [4.69, 9.17) is 9.47 Å². The molecule has 18 heavy (non-hydrogen) atoms. The quantitative estimate of drug-likeness (QED) is 0.839. The predicted octanol–water partition coefficient (Wildman–Crippen LogP) is 2.85. The van der Waals surface area contributed by atoms with Crippen molar-refractivity contribution in [3.05, 3.63) is 23.8 Å². The lowest BCUT2D eigenvalue weighted by molar-refractivity contribution is 0.0635. The van der Waals surface area contributed by atoms with Crippen molar-refractivity contribution in [1.29, 1.82) is 0 Å². The van der Waals surface area contributed by atoms with Crippen LogP contribution >= 0.6 is 0 Å². The molecule has 0 heterocycles. The summed E-state index contributed by atoms with van der Waals surface area (Å²) in [5.41, 5.74) is 0.294. The van der Waals surface area contributed by atoms with E-state index in [0.717, 1.165) is 0 Å². The van der Waals surface area contributed by atoms with Crippen LogP contribution in [-0.2, 0) is 4.74 Å². The highest BCUT2D eigenvalue weighted by atomic mass is 16.6. The zero-order valence-electron chi connectivity index (χ0n) is 10.9. The smallest absolute Gasteiger partial charge is 0.412 e. The molecule has 5 heteroatoms. The van der Waals surface area contributed by atoms with Gasteiger partial charge in [0.25, 0.3) is 0 Å². The summed E-state index contributed by atoms with van der Waals surface area (Å²) in [6, 6.07) is 4.73. The summed E-state index contributed by atoms with van der Waals surface area (Å²) in [4.78, 5) is 22.3. The van der Waals surface area contributed by atoms with Crippen molar-refractivity contribution in [2.24, 2.45) is 0 Å². The van der Waals surface area contributed by atoms with Crippen LogP contribution in [0.3, 0.4) is 0 Å². The third-order valence-electron chi connectivity index (χ3n) is 1.95. The van der Waals surface area contributed by atoms with E-state index in [9.17, 15) is 9.59 Å². The predicted molar refractivity (Wildman–Crippen MR) is 68.2 cm³/mol. The van der Waals surface area contributed by atoms with Gasteiger partial charge < -0.3 is 9.47 Å². The molecule has 0 aliphatic rings. The molecule has 5 nitrogen and oxygen atoms in total. The van der Waals surface area contributed by atoms with Gasteiger partial charge in [0.05, 0.1) is 7.11 Å². The number of methoxy groups -OCH3 is 1. The zero-order valence-corrected chi connectivity index (χ0v) is 10.9. The minimum absolute atomic E-state index is 0.417. The third-order valence-corrected chi connectivity index (χ3v) is 1.95. The van der Waals surface area contributed by atoms with Crippen LogP contribution in [0.1, 0.15) is 31.1 Å². The Labute approximate surface area is 106 Å². The Kier molecular flexibility index (Phi) is 4.31. The fourth-order valence-corrected chi connectivity index (χ4v) is 1.30. The molecular weight excluding hydrogens is 234 g/mol. The van der Waals surface area contributed by atoms with Crippen LogP contribution < -0.4 is 10.1 Å². The molecule has 98 valence electrons. The summed E-state index contributed by atoms with van der Waals surface area (Å²) < 4.78 is 10.1. The van der Waals surface area contributed by atoms with E-state index < -0.39 is 11.7 Å². The van der Waals surface area contributed by atoms with Crippen molar-refractivity contribution >= 4 is 18.1 Å². The molecule has 1 amide bonds. The van der Waals surface area contributed by atoms with Crippen LogP contribution in [0, 0.1) is 0 Å². The number of ether oxygens (including phenoxy) is 2. The minimum atomic E-state index is -0.576. The Balaban J connectivity index is 2.84. The number of rotatable bonds is 3. The van der Waals surface area contributed by atoms with Gasteiger partial charge in [-0.15, -0.1) is 0 Å². The molecule has 0 bridgehead atoms. The fourth-order valence-electron chi connectivity index (χ4n) is 1.30. The molecule has 1 N–H and O–H groups in total. The number of hydrogen-bond donors (Lipinski definition) is 1. The summed E-state index contributed by atoms with van der Waals surface area (Å²) in [5.74, 6) is 0.491. The molecule has 0 aliphatic heterocycles. The van der Waals surface area contributed by atoms with Crippen LogP contribution in [-0.4, -0.2) is 25.1 Å². The monoisotopic (exact) mass is 251 g/mol. The lowest BCUT2D eigenvalue weighted by Gasteiger charge is -2.19. The Morgan fingerprint density at radius 2 is 1.94 bits per heavy atom. The van der Waals surface area contributed by atoms with Crippen LogP contribution in [0.25, 0.3) is 0 Å². The van der Waals surface area contributed by atoms with E-state index in [1.54, 1.807) is 39.0 Å². The van der Waals surface area contributed by atoms with Gasteiger partial charge in [0, 0.05) is 17.3 Å². The maximum atomic E-state index is 11.6. The van der Waals surface area contributed by atoms with Gasteiger partial charge in [-0.25, -0.2) is 4.79 Å². The van der Waals surface area contributed by atoms with Crippen LogP contribution in [0.5, 0.6) is 5.75 Å². The molecule has 0 spiro atoms. The van der Waals surface area contributed by atoms with Crippen molar-refractivity contribution in [3.63, 3.8) is 0 Å². The number of benzene rings is 1. The number of carbonyl (C=O) groups is 2. The summed E-state index contributed by atoms with van der Waals surface area (Å²) in [6.45, 7) is 5.32. The van der Waals surface area contributed by atoms with E-state index in [-0.39, 0.29) is 0 Å². The number of hydrogen-bond acceptors (Lipinski definition) is 4. The Bertz CT molecular complexity index is 449. The van der Waals surface area contributed by atoms with Gasteiger partial charge in [0.15, 0.2) is 0 Å². The largest absolute Gasteiger partial charge is 0.497 e. The first kappa shape index (κ1) is 14.0. The number of nitrogens with one attached hydrogen (secondary N) is 1. The Hall–Kier alpha value is -2.04. The molecule has 0 fully saturated rings. The average molecular weight is 251 g/mol. The fraction of sp³-hybridized carbons (Fsp3) is 0.385. The number of anilines is 1. The normalized spacial score (nSPS) is 10.7. The van der Waals surface area contributed by atoms with Gasteiger partial charge in [-0.05, 0) is 32.9 Å². The van der Waals surface area contributed by atoms with E-state index in [0.29, 0.717) is 23.3 Å². The van der Waals surface area contributed by atoms with Crippen molar-refractivity contribution in [2.75, 3.05) is 12.4 Å². The molecule has 0 radical (unpaired) electrons. The number of aldehydes is 1. The lowest BCUT2D eigenvalue weighted by atomic mass is 10.2. The van der Waals surface area contributed by atoms with E-state index in [2.05, 4.69) is 5.32 Å². The summed E-state index contributed by atoms with van der Waals surface area (Å²) in [6.07, 6.45) is 0.107. The summed E-state index contributed by atoms with van der Waals surface area (Å²) in [5, 5.41) is 2.55. The second-order valence-electron chi connectivity index (χ2n) is 4.74. The van der Waals surface area contributed by atoms with Crippen molar-refractivity contribution in [2.45, 2.75) is 26.4 Å². The minimum Gasteiger partial charge on any atom is -0.497 e. The third kappa shape index (κ3) is 4.45. The highest BCUT2D eigenvalue weighted by Crippen LogP contribution is 2.20. The van der Waals surface area contributed by atoms with Crippen molar-refractivity contribution in [1.82, 2.24) is 0 Å². The standard InChI is InChI=1S/C13H17NO4/c1-13(2,3)18-12(16)14-10-5-9(8-15)6-11(7-10)17-4/h5-8H,1-4H3,(H,14,16). The molecule has 0 unspecified atom stereocenters. The van der Waals surface area contributed by atoms with E-state index >= 15 is 0 Å². The van der Waals surface area contributed by atoms with Gasteiger partial charge in [0.2, 0.25) is 0 Å². The molecule has 1 rings (SSSR count). The molecule has 0 atom stereocenters. The molecule has 1 aromatic carbocycles. The lowest BCUT2D eigenvalue weighted by Crippen LogP contribution is -2.27. The zero-order chi connectivity index (χ0) is 13.8. The summed E-state index contributed by atoms with van der Waals surface area (Å²) >= 11 is 0. The maximum Gasteiger partial charge on any atom is 0.412 e. The van der Waals surface area contributed by atoms with Gasteiger partial charge in [-0.1, -0.05) is 0 Å². The maximum absolute atomic E-state index is 11.6. The number of carbonyl (C=O) groups excluding carboxylic acids is 2. The molecule has 0 aliphatic carbocycles. The molecule has 0 saturated carbocycles. The van der Waals surface area contributed by atoms with Gasteiger partial charge >= 0.3 is 6.09 Å².